The average molecular weight is 210 g/mol. The van der Waals surface area contributed by atoms with Crippen LogP contribution in [0.25, 0.3) is 0 Å². The van der Waals surface area contributed by atoms with Crippen LogP contribution in [0.4, 0.5) is 0 Å². The molecule has 0 bridgehead atoms. The molecule has 2 aliphatic carbocycles. The molecule has 4 atom stereocenters. The molecule has 3 rings (SSSR count). The number of carboxylic acid groups (broad SMARTS) is 1. The third-order valence-electron chi connectivity index (χ3n) is 4.28. The highest BCUT2D eigenvalue weighted by Gasteiger charge is 2.50. The molecule has 0 aromatic rings. The first-order valence-electron chi connectivity index (χ1n) is 5.96. The summed E-state index contributed by atoms with van der Waals surface area (Å²) in [6.07, 6.45) is 4.06. The van der Waals surface area contributed by atoms with E-state index in [1.54, 1.807) is 0 Å². The van der Waals surface area contributed by atoms with Crippen molar-refractivity contribution >= 4 is 5.97 Å². The third kappa shape index (κ3) is 1.66. The largest absolute Gasteiger partial charge is 0.480 e. The van der Waals surface area contributed by atoms with Gasteiger partial charge in [0.2, 0.25) is 0 Å². The Bertz CT molecular complexity index is 282. The van der Waals surface area contributed by atoms with Gasteiger partial charge in [-0.1, -0.05) is 0 Å². The van der Waals surface area contributed by atoms with E-state index in [0.717, 1.165) is 24.9 Å². The van der Waals surface area contributed by atoms with Gasteiger partial charge in [0.1, 0.15) is 6.04 Å². The minimum Gasteiger partial charge on any atom is -0.480 e. The number of fused-ring (bicyclic) bond motifs is 1. The molecule has 4 heteroatoms. The lowest BCUT2D eigenvalue weighted by atomic mass is 10.1. The Kier molecular flexibility index (Phi) is 2.21. The highest BCUT2D eigenvalue weighted by molar-refractivity contribution is 5.73. The van der Waals surface area contributed by atoms with Crippen LogP contribution in [0.5, 0.6) is 0 Å². The zero-order valence-corrected chi connectivity index (χ0v) is 8.85. The fourth-order valence-electron chi connectivity index (χ4n) is 3.37. The predicted molar refractivity (Wildman–Crippen MR) is 55.6 cm³/mol. The molecule has 84 valence electrons. The molecule has 0 amide bonds. The average Bonchev–Trinajstić information content (AvgIpc) is 2.90. The van der Waals surface area contributed by atoms with Gasteiger partial charge >= 0.3 is 5.97 Å². The SMILES string of the molecule is O=C(O)C1CN(C2CCC3CC32)CCN1. The van der Waals surface area contributed by atoms with Gasteiger partial charge in [-0.3, -0.25) is 9.69 Å². The van der Waals surface area contributed by atoms with Crippen LogP contribution in [0.1, 0.15) is 19.3 Å². The van der Waals surface area contributed by atoms with Crippen molar-refractivity contribution in [3.8, 4) is 0 Å². The molecule has 1 heterocycles. The van der Waals surface area contributed by atoms with Crippen LogP contribution >= 0.6 is 0 Å². The number of carboxylic acids is 1. The molecular weight excluding hydrogens is 192 g/mol. The van der Waals surface area contributed by atoms with Gasteiger partial charge < -0.3 is 10.4 Å². The van der Waals surface area contributed by atoms with E-state index in [2.05, 4.69) is 10.2 Å². The Balaban J connectivity index is 1.63. The summed E-state index contributed by atoms with van der Waals surface area (Å²) in [5.74, 6) is 1.18. The fraction of sp³-hybridized carbons (Fsp3) is 0.909. The smallest absolute Gasteiger partial charge is 0.322 e. The lowest BCUT2D eigenvalue weighted by molar-refractivity contribution is -0.141. The number of hydrogen-bond acceptors (Lipinski definition) is 3. The standard InChI is InChI=1S/C11H18N2O2/c14-11(15)9-6-13(4-3-12-9)10-2-1-7-5-8(7)10/h7-10,12H,1-6H2,(H,14,15). The van der Waals surface area contributed by atoms with E-state index in [9.17, 15) is 4.79 Å². The summed E-state index contributed by atoms with van der Waals surface area (Å²) in [4.78, 5) is 13.3. The lowest BCUT2D eigenvalue weighted by Crippen LogP contribution is -2.56. The van der Waals surface area contributed by atoms with Crippen LogP contribution in [-0.4, -0.2) is 47.7 Å². The van der Waals surface area contributed by atoms with Crippen LogP contribution in [0.3, 0.4) is 0 Å². The summed E-state index contributed by atoms with van der Waals surface area (Å²) >= 11 is 0. The summed E-state index contributed by atoms with van der Waals surface area (Å²) < 4.78 is 0. The highest BCUT2D eigenvalue weighted by Crippen LogP contribution is 2.53. The van der Waals surface area contributed by atoms with Gasteiger partial charge in [-0.15, -0.1) is 0 Å². The molecule has 0 spiro atoms. The molecule has 0 aromatic heterocycles. The second-order valence-corrected chi connectivity index (χ2v) is 5.14. The minimum atomic E-state index is -0.704. The van der Waals surface area contributed by atoms with Gasteiger partial charge in [-0.2, -0.15) is 0 Å². The van der Waals surface area contributed by atoms with Crippen molar-refractivity contribution in [2.24, 2.45) is 11.8 Å². The first-order chi connectivity index (χ1) is 7.25. The molecule has 2 saturated carbocycles. The van der Waals surface area contributed by atoms with E-state index in [0.29, 0.717) is 12.6 Å². The molecule has 1 saturated heterocycles. The van der Waals surface area contributed by atoms with Gasteiger partial charge in [0, 0.05) is 25.7 Å². The summed E-state index contributed by atoms with van der Waals surface area (Å²) in [6, 6.07) is 0.343. The number of nitrogens with one attached hydrogen (secondary N) is 1. The molecule has 3 aliphatic rings. The summed E-state index contributed by atoms with van der Waals surface area (Å²) in [5, 5.41) is 12.0. The maximum Gasteiger partial charge on any atom is 0.322 e. The molecule has 3 fully saturated rings. The quantitative estimate of drug-likeness (QED) is 0.681. The maximum absolute atomic E-state index is 10.9. The van der Waals surface area contributed by atoms with E-state index in [4.69, 9.17) is 5.11 Å². The zero-order chi connectivity index (χ0) is 10.4. The van der Waals surface area contributed by atoms with Gasteiger partial charge in [-0.25, -0.2) is 0 Å². The zero-order valence-electron chi connectivity index (χ0n) is 8.85. The van der Waals surface area contributed by atoms with Crippen molar-refractivity contribution < 1.29 is 9.90 Å². The van der Waals surface area contributed by atoms with Gasteiger partial charge in [0.05, 0.1) is 0 Å². The molecule has 15 heavy (non-hydrogen) atoms. The van der Waals surface area contributed by atoms with E-state index < -0.39 is 5.97 Å². The normalized spacial score (nSPS) is 45.1. The lowest BCUT2D eigenvalue weighted by Gasteiger charge is -2.36. The summed E-state index contributed by atoms with van der Waals surface area (Å²) in [6.45, 7) is 2.55. The predicted octanol–water partition coefficient (Wildman–Crippen LogP) is 0.143. The van der Waals surface area contributed by atoms with E-state index in [1.807, 2.05) is 0 Å². The Morgan fingerprint density at radius 2 is 2.27 bits per heavy atom. The molecule has 0 radical (unpaired) electrons. The van der Waals surface area contributed by atoms with Crippen molar-refractivity contribution in [2.45, 2.75) is 31.3 Å². The van der Waals surface area contributed by atoms with Crippen LogP contribution in [0.15, 0.2) is 0 Å². The molecule has 0 aromatic carbocycles. The topological polar surface area (TPSA) is 52.6 Å². The first kappa shape index (κ1) is 9.60. The maximum atomic E-state index is 10.9. The summed E-state index contributed by atoms with van der Waals surface area (Å²) in [7, 11) is 0. The fourth-order valence-corrected chi connectivity index (χ4v) is 3.37. The Morgan fingerprint density at radius 1 is 1.40 bits per heavy atom. The van der Waals surface area contributed by atoms with Crippen LogP contribution in [0, 0.1) is 11.8 Å². The number of carbonyl (C=O) groups is 1. The van der Waals surface area contributed by atoms with E-state index in [1.165, 1.54) is 19.3 Å². The second kappa shape index (κ2) is 3.46. The van der Waals surface area contributed by atoms with Gasteiger partial charge in [0.25, 0.3) is 0 Å². The summed E-state index contributed by atoms with van der Waals surface area (Å²) in [5.41, 5.74) is 0. The number of aliphatic carboxylic acids is 1. The van der Waals surface area contributed by atoms with Gasteiger partial charge in [0.15, 0.2) is 0 Å². The number of nitrogens with zero attached hydrogens (tertiary/aromatic N) is 1. The Labute approximate surface area is 89.6 Å². The number of piperazine rings is 1. The van der Waals surface area contributed by atoms with Crippen LogP contribution < -0.4 is 5.32 Å². The first-order valence-corrected chi connectivity index (χ1v) is 5.96. The molecule has 2 N–H and O–H groups in total. The van der Waals surface area contributed by atoms with Crippen molar-refractivity contribution in [1.82, 2.24) is 10.2 Å². The van der Waals surface area contributed by atoms with Crippen molar-refractivity contribution in [3.63, 3.8) is 0 Å². The Morgan fingerprint density at radius 3 is 2.87 bits per heavy atom. The molecular formula is C11H18N2O2. The molecule has 4 unspecified atom stereocenters. The second-order valence-electron chi connectivity index (χ2n) is 5.14. The third-order valence-corrected chi connectivity index (χ3v) is 4.28. The molecule has 4 nitrogen and oxygen atoms in total. The van der Waals surface area contributed by atoms with Crippen molar-refractivity contribution in [2.75, 3.05) is 19.6 Å². The Hall–Kier alpha value is -0.610. The number of hydrogen-bond donors (Lipinski definition) is 2. The minimum absolute atomic E-state index is 0.350. The van der Waals surface area contributed by atoms with Gasteiger partial charge in [-0.05, 0) is 31.1 Å². The van der Waals surface area contributed by atoms with Crippen LogP contribution in [0.2, 0.25) is 0 Å². The number of rotatable bonds is 2. The molecule has 1 aliphatic heterocycles. The van der Waals surface area contributed by atoms with Crippen LogP contribution in [-0.2, 0) is 4.79 Å². The van der Waals surface area contributed by atoms with E-state index >= 15 is 0 Å². The monoisotopic (exact) mass is 210 g/mol. The van der Waals surface area contributed by atoms with E-state index in [-0.39, 0.29) is 6.04 Å². The van der Waals surface area contributed by atoms with Crippen molar-refractivity contribution in [3.05, 3.63) is 0 Å². The highest BCUT2D eigenvalue weighted by atomic mass is 16.4. The van der Waals surface area contributed by atoms with Crippen molar-refractivity contribution in [1.29, 1.82) is 0 Å².